The summed E-state index contributed by atoms with van der Waals surface area (Å²) in [6.07, 6.45) is 0. The zero-order valence-corrected chi connectivity index (χ0v) is 24.7. The van der Waals surface area contributed by atoms with Crippen LogP contribution < -0.4 is 15.4 Å². The molecule has 0 aliphatic carbocycles. The molecule has 5 nitrogen and oxygen atoms in total. The van der Waals surface area contributed by atoms with Gasteiger partial charge < -0.3 is 10.2 Å². The van der Waals surface area contributed by atoms with E-state index in [1.165, 1.54) is 0 Å². The van der Waals surface area contributed by atoms with Crippen molar-refractivity contribution >= 4 is 11.4 Å². The Balaban J connectivity index is 1.74. The van der Waals surface area contributed by atoms with Gasteiger partial charge >= 0.3 is 0 Å². The van der Waals surface area contributed by atoms with Crippen LogP contribution in [-0.4, -0.2) is 10.2 Å². The summed E-state index contributed by atoms with van der Waals surface area (Å²) in [7, 11) is 0. The number of fused-ring (bicyclic) bond motifs is 1. The van der Waals surface area contributed by atoms with E-state index >= 15 is 0 Å². The molecule has 1 heterocycles. The first-order valence-corrected chi connectivity index (χ1v) is 14.3. The first-order chi connectivity index (χ1) is 20.0. The van der Waals surface area contributed by atoms with Crippen molar-refractivity contribution in [2.45, 2.75) is 45.4 Å². The normalized spacial score (nSPS) is 14.1. The van der Waals surface area contributed by atoms with Gasteiger partial charge in [0.25, 0.3) is 0 Å². The molecule has 0 aromatic heterocycles. The van der Waals surface area contributed by atoms with E-state index < -0.39 is 15.5 Å². The van der Waals surface area contributed by atoms with Crippen LogP contribution >= 0.6 is 0 Å². The molecule has 0 atom stereocenters. The van der Waals surface area contributed by atoms with Crippen LogP contribution in [0.2, 0.25) is 0 Å². The van der Waals surface area contributed by atoms with Gasteiger partial charge in [0.05, 0.1) is 0 Å². The Bertz CT molecular complexity index is 1880. The number of rotatable bonds is 6. The first-order valence-electron chi connectivity index (χ1n) is 14.3. The second kappa shape index (κ2) is 9.97. The Hall–Kier alpha value is -4.74. The number of nitrogens with zero attached hydrogens (tertiary/aromatic N) is 3. The average Bonchev–Trinajstić information content (AvgIpc) is 3.39. The quantitative estimate of drug-likeness (QED) is 0.214. The molecule has 1 aliphatic heterocycles. The third kappa shape index (κ3) is 4.38. The van der Waals surface area contributed by atoms with Gasteiger partial charge in [-0.2, -0.15) is 0 Å². The van der Waals surface area contributed by atoms with Crippen LogP contribution in [0.1, 0.15) is 55.5 Å². The number of aryl methyl sites for hydroxylation is 1. The monoisotopic (exact) mass is 554 g/mol. The molecule has 1 aliphatic rings. The molecular formula is C37H36N3O2+. The zero-order chi connectivity index (χ0) is 29.7. The van der Waals surface area contributed by atoms with Crippen molar-refractivity contribution in [1.29, 1.82) is 0 Å². The van der Waals surface area contributed by atoms with E-state index in [0.717, 1.165) is 27.8 Å². The largest absolute Gasteiger partial charge is 0.503 e. The second-order valence-corrected chi connectivity index (χ2v) is 12.2. The third-order valence-electron chi connectivity index (χ3n) is 8.67. The maximum atomic E-state index is 12.4. The van der Waals surface area contributed by atoms with Crippen molar-refractivity contribution in [3.63, 3.8) is 0 Å². The number of benzene rings is 5. The topological polar surface area (TPSA) is 65.2 Å². The number of quaternary nitrogens is 1. The minimum Gasteiger partial charge on any atom is -0.503 e. The van der Waals surface area contributed by atoms with E-state index in [9.17, 15) is 10.2 Å². The van der Waals surface area contributed by atoms with Crippen molar-refractivity contribution in [2.75, 3.05) is 0 Å². The fraction of sp³-hybridized carbons (Fsp3) is 0.189. The number of phenolic OH excluding ortho intramolecular Hbond substituents is 2. The molecule has 0 fully saturated rings. The van der Waals surface area contributed by atoms with Crippen LogP contribution in [-0.2, 0) is 10.8 Å². The first kappa shape index (κ1) is 27.4. The maximum absolute atomic E-state index is 12.4. The Morgan fingerprint density at radius 3 is 1.64 bits per heavy atom. The molecule has 0 spiro atoms. The lowest BCUT2D eigenvalue weighted by Crippen LogP contribution is -2.33. The molecule has 0 saturated carbocycles. The summed E-state index contributed by atoms with van der Waals surface area (Å²) in [6.45, 7) is 10.6. The van der Waals surface area contributed by atoms with E-state index in [1.807, 2.05) is 85.8 Å². The molecule has 5 heteroatoms. The Labute approximate surface area is 246 Å². The van der Waals surface area contributed by atoms with E-state index in [0.29, 0.717) is 22.1 Å². The molecule has 0 radical (unpaired) electrons. The van der Waals surface area contributed by atoms with E-state index in [2.05, 4.69) is 58.0 Å². The summed E-state index contributed by atoms with van der Waals surface area (Å²) in [6, 6.07) is 37.8. The molecule has 0 bridgehead atoms. The minimum atomic E-state index is -0.561. The standard InChI is InChI=1S/C37H35N3O2/c1-25-20-21-34(41)32(22-25)40(38-30-18-12-13-19-31(30)39-40)33-24-28(36(2,3)26-14-8-6-9-15-26)23-29(35(33)42)37(4,5)27-16-10-7-11-17-27/h6-24H,1-5H3,(H-,41,42)/p+1. The van der Waals surface area contributed by atoms with E-state index in [4.69, 9.17) is 10.2 Å². The summed E-state index contributed by atoms with van der Waals surface area (Å²) in [5.74, 6) is 0.148. The van der Waals surface area contributed by atoms with Gasteiger partial charge in [-0.25, -0.2) is 0 Å². The summed E-state index contributed by atoms with van der Waals surface area (Å²) in [5, 5.41) is 35.3. The summed E-state index contributed by atoms with van der Waals surface area (Å²) in [5.41, 5.74) is 4.91. The molecule has 0 saturated heterocycles. The highest BCUT2D eigenvalue weighted by Crippen LogP contribution is 2.52. The molecule has 0 unspecified atom stereocenters. The fourth-order valence-corrected chi connectivity index (χ4v) is 5.92. The van der Waals surface area contributed by atoms with Crippen molar-refractivity contribution in [3.8, 4) is 11.5 Å². The summed E-state index contributed by atoms with van der Waals surface area (Å²) >= 11 is 0. The van der Waals surface area contributed by atoms with Crippen molar-refractivity contribution in [3.05, 3.63) is 154 Å². The van der Waals surface area contributed by atoms with Crippen LogP contribution in [0.4, 0.5) is 11.4 Å². The lowest BCUT2D eigenvalue weighted by molar-refractivity contribution is 0.366. The van der Waals surface area contributed by atoms with Gasteiger partial charge in [-0.3, -0.25) is 0 Å². The van der Waals surface area contributed by atoms with Crippen LogP contribution in [0.25, 0.3) is 0 Å². The molecule has 5 aromatic rings. The van der Waals surface area contributed by atoms with Crippen molar-refractivity contribution in [1.82, 2.24) is 4.70 Å². The Kier molecular flexibility index (Phi) is 6.51. The lowest BCUT2D eigenvalue weighted by atomic mass is 9.72. The van der Waals surface area contributed by atoms with Gasteiger partial charge in [-0.05, 0) is 68.3 Å². The molecule has 210 valence electrons. The third-order valence-corrected chi connectivity index (χ3v) is 8.67. The van der Waals surface area contributed by atoms with Gasteiger partial charge in [0.1, 0.15) is 0 Å². The Morgan fingerprint density at radius 2 is 1.07 bits per heavy atom. The highest BCUT2D eigenvalue weighted by atomic mass is 16.3. The lowest BCUT2D eigenvalue weighted by Gasteiger charge is -2.34. The summed E-state index contributed by atoms with van der Waals surface area (Å²) in [4.78, 5) is 0. The SMILES string of the molecule is Cc1ccc(O)c([N+]2(c3cc(C(C)(C)c4ccccc4)cc(C(C)(C)c4ccccc4)c3O)N=c3ccccc3=N2)c1. The second-order valence-electron chi connectivity index (χ2n) is 12.2. The smallest absolute Gasteiger partial charge is 0.235 e. The maximum Gasteiger partial charge on any atom is 0.235 e. The highest BCUT2D eigenvalue weighted by Gasteiger charge is 2.46. The number of hydrogen-bond acceptors (Lipinski definition) is 4. The molecule has 2 N–H and O–H groups in total. The number of phenols is 2. The van der Waals surface area contributed by atoms with Crippen LogP contribution in [0.15, 0.2) is 125 Å². The molecule has 6 rings (SSSR count). The zero-order valence-electron chi connectivity index (χ0n) is 24.7. The number of aromatic hydroxyl groups is 2. The van der Waals surface area contributed by atoms with Crippen LogP contribution in [0.3, 0.4) is 0 Å². The highest BCUT2D eigenvalue weighted by molar-refractivity contribution is 5.73. The minimum absolute atomic E-state index is 0.0527. The molecule has 42 heavy (non-hydrogen) atoms. The summed E-state index contributed by atoms with van der Waals surface area (Å²) < 4.78 is -0.435. The van der Waals surface area contributed by atoms with Gasteiger partial charge in [-0.1, -0.05) is 107 Å². The molecule has 5 aromatic carbocycles. The van der Waals surface area contributed by atoms with Crippen molar-refractivity contribution < 1.29 is 10.2 Å². The van der Waals surface area contributed by atoms with E-state index in [1.54, 1.807) is 6.07 Å². The number of hydrogen-bond donors (Lipinski definition) is 2. The molecular weight excluding hydrogens is 518 g/mol. The van der Waals surface area contributed by atoms with Crippen molar-refractivity contribution in [2.24, 2.45) is 10.2 Å². The predicted molar refractivity (Wildman–Crippen MR) is 168 cm³/mol. The van der Waals surface area contributed by atoms with Crippen LogP contribution in [0.5, 0.6) is 11.5 Å². The predicted octanol–water partition coefficient (Wildman–Crippen LogP) is 7.48. The fourth-order valence-electron chi connectivity index (χ4n) is 5.92. The van der Waals surface area contributed by atoms with E-state index in [-0.39, 0.29) is 11.5 Å². The molecule has 0 amide bonds. The van der Waals surface area contributed by atoms with Gasteiger partial charge in [-0.15, -0.1) is 0 Å². The average molecular weight is 555 g/mol. The van der Waals surface area contributed by atoms with Gasteiger partial charge in [0.15, 0.2) is 22.2 Å². The Morgan fingerprint density at radius 1 is 0.548 bits per heavy atom. The van der Waals surface area contributed by atoms with Crippen LogP contribution in [0, 0.1) is 6.92 Å². The van der Waals surface area contributed by atoms with Gasteiger partial charge in [0, 0.05) is 28.5 Å². The van der Waals surface area contributed by atoms with Gasteiger partial charge in [0.2, 0.25) is 11.4 Å².